The predicted octanol–water partition coefficient (Wildman–Crippen LogP) is 12.0. The summed E-state index contributed by atoms with van der Waals surface area (Å²) in [5.41, 5.74) is 12.0. The van der Waals surface area contributed by atoms with Crippen LogP contribution < -0.4 is 0 Å². The Morgan fingerprint density at radius 1 is 0.302 bits per heavy atom. The monoisotopic (exact) mass is 544 g/mol. The molecule has 0 amide bonds. The first-order valence-corrected chi connectivity index (χ1v) is 14.8. The van der Waals surface area contributed by atoms with E-state index in [1.54, 1.807) is 0 Å². The molecule has 1 aromatic heterocycles. The van der Waals surface area contributed by atoms with E-state index in [9.17, 15) is 0 Å². The standard InChI is InChI=1S/C42H24O/c1-2-10-30-28(7-1)23-36(32-12-4-3-11-31(30)32)29-17-20-41-39(24-29)38-22-27(16-19-40(38)43-41)26-15-18-33-34-13-5-8-25-9-6-14-35(42(25)34)37(33)21-26/h1-24H. The molecule has 0 fully saturated rings. The summed E-state index contributed by atoms with van der Waals surface area (Å²) in [5.74, 6) is 0. The van der Waals surface area contributed by atoms with Gasteiger partial charge in [0.1, 0.15) is 11.2 Å². The smallest absolute Gasteiger partial charge is 0.135 e. The molecule has 0 unspecified atom stereocenters. The Balaban J connectivity index is 1.15. The van der Waals surface area contributed by atoms with Crippen LogP contribution in [0.3, 0.4) is 0 Å². The Morgan fingerprint density at radius 2 is 0.907 bits per heavy atom. The van der Waals surface area contributed by atoms with Crippen LogP contribution in [0, 0.1) is 0 Å². The Kier molecular flexibility index (Phi) is 4.51. The van der Waals surface area contributed by atoms with E-state index in [1.165, 1.54) is 76.8 Å². The first kappa shape index (κ1) is 23.0. The minimum atomic E-state index is 0.914. The lowest BCUT2D eigenvalue weighted by molar-refractivity contribution is 0.669. The van der Waals surface area contributed by atoms with Gasteiger partial charge in [-0.2, -0.15) is 0 Å². The van der Waals surface area contributed by atoms with Crippen molar-refractivity contribution in [1.29, 1.82) is 0 Å². The number of benzene rings is 8. The maximum atomic E-state index is 6.35. The van der Waals surface area contributed by atoms with Crippen molar-refractivity contribution < 1.29 is 4.42 Å². The number of hydrogen-bond donors (Lipinski definition) is 0. The molecule has 1 nitrogen and oxygen atoms in total. The molecule has 1 heterocycles. The molecule has 8 aromatic carbocycles. The lowest BCUT2D eigenvalue weighted by Crippen LogP contribution is -1.84. The van der Waals surface area contributed by atoms with Gasteiger partial charge in [-0.25, -0.2) is 0 Å². The molecule has 1 heteroatoms. The van der Waals surface area contributed by atoms with Gasteiger partial charge in [-0.15, -0.1) is 0 Å². The summed E-state index contributed by atoms with van der Waals surface area (Å²) < 4.78 is 6.35. The number of fused-ring (bicyclic) bond motifs is 9. The highest BCUT2D eigenvalue weighted by Gasteiger charge is 2.21. The van der Waals surface area contributed by atoms with E-state index in [0.717, 1.165) is 21.9 Å². The Labute approximate surface area is 248 Å². The van der Waals surface area contributed by atoms with E-state index >= 15 is 0 Å². The largest absolute Gasteiger partial charge is 0.456 e. The quantitative estimate of drug-likeness (QED) is 0.197. The van der Waals surface area contributed by atoms with Gasteiger partial charge < -0.3 is 4.42 Å². The highest BCUT2D eigenvalue weighted by molar-refractivity contribution is 6.17. The fourth-order valence-corrected chi connectivity index (χ4v) is 7.39. The highest BCUT2D eigenvalue weighted by Crippen LogP contribution is 2.48. The number of rotatable bonds is 2. The SMILES string of the molecule is c1cc2c3c(cccc3c1)-c1cc(-c3ccc4oc5ccc(-c6cc7ccccc7c7ccccc67)cc5c4c3)ccc1-2. The van der Waals surface area contributed by atoms with Crippen molar-refractivity contribution >= 4 is 54.3 Å². The van der Waals surface area contributed by atoms with Gasteiger partial charge in [-0.05, 0) is 113 Å². The first-order valence-electron chi connectivity index (χ1n) is 14.8. The van der Waals surface area contributed by atoms with Crippen LogP contribution in [-0.4, -0.2) is 0 Å². The molecule has 0 spiro atoms. The number of furan rings is 1. The molecule has 0 saturated heterocycles. The summed E-state index contributed by atoms with van der Waals surface area (Å²) in [6.45, 7) is 0. The van der Waals surface area contributed by atoms with E-state index in [4.69, 9.17) is 4.42 Å². The Bertz CT molecular complexity index is 2610. The molecule has 0 radical (unpaired) electrons. The maximum absolute atomic E-state index is 6.35. The summed E-state index contributed by atoms with van der Waals surface area (Å²) in [6.07, 6.45) is 0. The van der Waals surface area contributed by atoms with Crippen molar-refractivity contribution in [3.05, 3.63) is 146 Å². The zero-order chi connectivity index (χ0) is 28.1. The Morgan fingerprint density at radius 3 is 1.72 bits per heavy atom. The lowest BCUT2D eigenvalue weighted by Gasteiger charge is -2.11. The summed E-state index contributed by atoms with van der Waals surface area (Å²) in [4.78, 5) is 0. The summed E-state index contributed by atoms with van der Waals surface area (Å²) in [7, 11) is 0. The molecule has 198 valence electrons. The molecule has 1 aliphatic rings. The second kappa shape index (κ2) is 8.44. The second-order valence-corrected chi connectivity index (χ2v) is 11.7. The van der Waals surface area contributed by atoms with Gasteiger partial charge in [-0.1, -0.05) is 109 Å². The second-order valence-electron chi connectivity index (χ2n) is 11.7. The average molecular weight is 545 g/mol. The molecular weight excluding hydrogens is 520 g/mol. The van der Waals surface area contributed by atoms with Crippen molar-refractivity contribution in [2.75, 3.05) is 0 Å². The van der Waals surface area contributed by atoms with Crippen LogP contribution in [0.1, 0.15) is 0 Å². The molecule has 9 aromatic rings. The maximum Gasteiger partial charge on any atom is 0.135 e. The van der Waals surface area contributed by atoms with Crippen LogP contribution in [0.4, 0.5) is 0 Å². The molecular formula is C42H24O. The molecule has 0 N–H and O–H groups in total. The fourth-order valence-electron chi connectivity index (χ4n) is 7.39. The van der Waals surface area contributed by atoms with Gasteiger partial charge in [0, 0.05) is 10.8 Å². The third-order valence-electron chi connectivity index (χ3n) is 9.39. The van der Waals surface area contributed by atoms with E-state index in [-0.39, 0.29) is 0 Å². The van der Waals surface area contributed by atoms with Gasteiger partial charge in [0.05, 0.1) is 0 Å². The molecule has 1 aliphatic carbocycles. The minimum Gasteiger partial charge on any atom is -0.456 e. The molecule has 0 bridgehead atoms. The van der Waals surface area contributed by atoms with Crippen molar-refractivity contribution in [3.8, 4) is 44.5 Å². The zero-order valence-electron chi connectivity index (χ0n) is 23.3. The van der Waals surface area contributed by atoms with Gasteiger partial charge in [-0.3, -0.25) is 0 Å². The zero-order valence-corrected chi connectivity index (χ0v) is 23.3. The minimum absolute atomic E-state index is 0.914. The molecule has 0 saturated carbocycles. The summed E-state index contributed by atoms with van der Waals surface area (Å²) in [6, 6.07) is 53.1. The van der Waals surface area contributed by atoms with Crippen LogP contribution in [0.5, 0.6) is 0 Å². The van der Waals surface area contributed by atoms with Crippen molar-refractivity contribution in [1.82, 2.24) is 0 Å². The van der Waals surface area contributed by atoms with Crippen LogP contribution in [0.2, 0.25) is 0 Å². The van der Waals surface area contributed by atoms with Crippen LogP contribution in [-0.2, 0) is 0 Å². The van der Waals surface area contributed by atoms with E-state index in [2.05, 4.69) is 146 Å². The molecule has 0 atom stereocenters. The van der Waals surface area contributed by atoms with Crippen LogP contribution in [0.15, 0.2) is 150 Å². The van der Waals surface area contributed by atoms with Crippen LogP contribution >= 0.6 is 0 Å². The van der Waals surface area contributed by atoms with E-state index in [0.29, 0.717) is 0 Å². The first-order chi connectivity index (χ1) is 21.3. The van der Waals surface area contributed by atoms with Gasteiger partial charge >= 0.3 is 0 Å². The average Bonchev–Trinajstić information content (AvgIpc) is 3.60. The van der Waals surface area contributed by atoms with Gasteiger partial charge in [0.2, 0.25) is 0 Å². The van der Waals surface area contributed by atoms with Crippen LogP contribution in [0.25, 0.3) is 98.8 Å². The molecule has 0 aliphatic heterocycles. The topological polar surface area (TPSA) is 13.1 Å². The van der Waals surface area contributed by atoms with Gasteiger partial charge in [0.15, 0.2) is 0 Å². The Hall–Kier alpha value is -5.66. The highest BCUT2D eigenvalue weighted by atomic mass is 16.3. The van der Waals surface area contributed by atoms with E-state index in [1.807, 2.05) is 0 Å². The molecule has 10 rings (SSSR count). The van der Waals surface area contributed by atoms with Crippen molar-refractivity contribution in [2.24, 2.45) is 0 Å². The number of hydrogen-bond acceptors (Lipinski definition) is 1. The predicted molar refractivity (Wildman–Crippen MR) is 182 cm³/mol. The van der Waals surface area contributed by atoms with Crippen molar-refractivity contribution in [3.63, 3.8) is 0 Å². The van der Waals surface area contributed by atoms with Gasteiger partial charge in [0.25, 0.3) is 0 Å². The third-order valence-corrected chi connectivity index (χ3v) is 9.39. The third kappa shape index (κ3) is 3.22. The lowest BCUT2D eigenvalue weighted by atomic mass is 9.92. The summed E-state index contributed by atoms with van der Waals surface area (Å²) >= 11 is 0. The molecule has 43 heavy (non-hydrogen) atoms. The van der Waals surface area contributed by atoms with Crippen molar-refractivity contribution in [2.45, 2.75) is 0 Å². The normalized spacial score (nSPS) is 12.2. The van der Waals surface area contributed by atoms with E-state index < -0.39 is 0 Å². The summed E-state index contributed by atoms with van der Waals surface area (Å²) in [5, 5.41) is 10.0. The fraction of sp³-hybridized carbons (Fsp3) is 0.